The van der Waals surface area contributed by atoms with Gasteiger partial charge >= 0.3 is 0 Å². The number of pyridine rings is 1. The van der Waals surface area contributed by atoms with Crippen LogP contribution in [0.4, 0.5) is 10.2 Å². The molecular formula is C22H23FIN3O5S. The molecule has 2 aromatic heterocycles. The van der Waals surface area contributed by atoms with Gasteiger partial charge in [0, 0.05) is 19.2 Å². The van der Waals surface area contributed by atoms with E-state index < -0.39 is 27.9 Å². The summed E-state index contributed by atoms with van der Waals surface area (Å²) in [6, 6.07) is 7.11. The number of nitrogens with one attached hydrogen (secondary N) is 1. The van der Waals surface area contributed by atoms with Gasteiger partial charge in [0.15, 0.2) is 5.82 Å². The second-order valence-corrected chi connectivity index (χ2v) is 10.4. The molecule has 1 atom stereocenters. The van der Waals surface area contributed by atoms with Gasteiger partial charge in [-0.3, -0.25) is 9.10 Å². The Morgan fingerprint density at radius 2 is 2.06 bits per heavy atom. The Kier molecular flexibility index (Phi) is 7.75. The molecular weight excluding hydrogens is 564 g/mol. The van der Waals surface area contributed by atoms with Crippen LogP contribution in [0.5, 0.6) is 0 Å². The summed E-state index contributed by atoms with van der Waals surface area (Å²) < 4.78 is 46.0. The van der Waals surface area contributed by atoms with E-state index >= 15 is 0 Å². The third kappa shape index (κ3) is 5.53. The molecule has 1 unspecified atom stereocenters. The third-order valence-electron chi connectivity index (χ3n) is 4.95. The fourth-order valence-electron chi connectivity index (χ4n) is 3.31. The fourth-order valence-corrected chi connectivity index (χ4v) is 5.11. The van der Waals surface area contributed by atoms with Gasteiger partial charge in [0.05, 0.1) is 26.9 Å². The Morgan fingerprint density at radius 3 is 2.64 bits per heavy atom. The van der Waals surface area contributed by atoms with Crippen LogP contribution in [0.2, 0.25) is 0 Å². The van der Waals surface area contributed by atoms with E-state index in [1.54, 1.807) is 6.07 Å². The standard InChI is InChI=1S/C22H23FIN3O5S/c1-4-15(28)6-5-11-27(33(3,30)31)20-17(24)12-16-18(21(29)25-2)19(32-22(16)26-20)13-7-9-14(23)10-8-13/h4,7-10,12,15,28H,1,5-6,11H2,2-3H3,(H,25,29). The Labute approximate surface area is 204 Å². The molecule has 3 rings (SSSR count). The molecule has 1 amide bonds. The number of sulfonamides is 1. The molecule has 0 saturated carbocycles. The average Bonchev–Trinajstić information content (AvgIpc) is 3.13. The first-order valence-corrected chi connectivity index (χ1v) is 12.9. The molecule has 1 aromatic carbocycles. The number of fused-ring (bicyclic) bond motifs is 1. The van der Waals surface area contributed by atoms with Gasteiger partial charge in [-0.05, 0) is 65.8 Å². The highest BCUT2D eigenvalue weighted by molar-refractivity contribution is 14.1. The van der Waals surface area contributed by atoms with E-state index in [1.165, 1.54) is 37.4 Å². The third-order valence-corrected chi connectivity index (χ3v) is 6.90. The average molecular weight is 587 g/mol. The largest absolute Gasteiger partial charge is 0.437 e. The summed E-state index contributed by atoms with van der Waals surface area (Å²) in [6.07, 6.45) is 2.43. The van der Waals surface area contributed by atoms with E-state index in [0.29, 0.717) is 27.4 Å². The lowest BCUT2D eigenvalue weighted by atomic mass is 10.1. The minimum Gasteiger partial charge on any atom is -0.437 e. The molecule has 0 spiro atoms. The predicted molar refractivity (Wildman–Crippen MR) is 133 cm³/mol. The molecule has 0 aliphatic rings. The van der Waals surface area contributed by atoms with Gasteiger partial charge in [0.2, 0.25) is 15.7 Å². The van der Waals surface area contributed by atoms with Crippen molar-refractivity contribution in [2.45, 2.75) is 18.9 Å². The van der Waals surface area contributed by atoms with Crippen molar-refractivity contribution in [3.8, 4) is 11.3 Å². The molecule has 2 N–H and O–H groups in total. The zero-order valence-corrected chi connectivity index (χ0v) is 21.0. The molecule has 11 heteroatoms. The SMILES string of the molecule is C=CC(O)CCCN(c1nc2oc(-c3ccc(F)cc3)c(C(=O)NC)c2cc1I)S(C)(=O)=O. The molecule has 0 radical (unpaired) electrons. The number of carbonyl (C=O) groups is 1. The smallest absolute Gasteiger partial charge is 0.255 e. The first kappa shape index (κ1) is 25.1. The van der Waals surface area contributed by atoms with Gasteiger partial charge in [0.25, 0.3) is 5.91 Å². The predicted octanol–water partition coefficient (Wildman–Crippen LogP) is 3.69. The van der Waals surface area contributed by atoms with Crippen molar-refractivity contribution in [3.63, 3.8) is 0 Å². The van der Waals surface area contributed by atoms with Crippen LogP contribution in [0.15, 0.2) is 47.4 Å². The number of hydrogen-bond donors (Lipinski definition) is 2. The van der Waals surface area contributed by atoms with Crippen molar-refractivity contribution in [2.75, 3.05) is 24.2 Å². The lowest BCUT2D eigenvalue weighted by molar-refractivity contribution is 0.0964. The number of amides is 1. The van der Waals surface area contributed by atoms with Crippen molar-refractivity contribution in [2.24, 2.45) is 0 Å². The number of aliphatic hydroxyl groups is 1. The van der Waals surface area contributed by atoms with E-state index in [9.17, 15) is 22.7 Å². The van der Waals surface area contributed by atoms with Gasteiger partial charge in [-0.2, -0.15) is 4.98 Å². The number of hydrogen-bond acceptors (Lipinski definition) is 6. The van der Waals surface area contributed by atoms with Crippen LogP contribution < -0.4 is 9.62 Å². The summed E-state index contributed by atoms with van der Waals surface area (Å²) in [5, 5.41) is 12.7. The first-order chi connectivity index (χ1) is 15.6. The van der Waals surface area contributed by atoms with Crippen molar-refractivity contribution in [1.29, 1.82) is 0 Å². The van der Waals surface area contributed by atoms with Crippen LogP contribution >= 0.6 is 22.6 Å². The maximum absolute atomic E-state index is 13.4. The lowest BCUT2D eigenvalue weighted by Gasteiger charge is -2.22. The van der Waals surface area contributed by atoms with Gasteiger partial charge < -0.3 is 14.8 Å². The summed E-state index contributed by atoms with van der Waals surface area (Å²) in [4.78, 5) is 17.1. The minimum absolute atomic E-state index is 0.0723. The maximum Gasteiger partial charge on any atom is 0.255 e. The highest BCUT2D eigenvalue weighted by Gasteiger charge is 2.27. The summed E-state index contributed by atoms with van der Waals surface area (Å²) >= 11 is 1.96. The van der Waals surface area contributed by atoms with Gasteiger partial charge in [-0.1, -0.05) is 6.08 Å². The number of nitrogens with zero attached hydrogens (tertiary/aromatic N) is 2. The van der Waals surface area contributed by atoms with Crippen LogP contribution in [0.25, 0.3) is 22.4 Å². The highest BCUT2D eigenvalue weighted by Crippen LogP contribution is 2.36. The molecule has 3 aromatic rings. The summed E-state index contributed by atoms with van der Waals surface area (Å²) in [5.74, 6) is -0.500. The minimum atomic E-state index is -3.70. The zero-order valence-electron chi connectivity index (χ0n) is 18.0. The number of aliphatic hydroxyl groups excluding tert-OH is 1. The molecule has 0 aliphatic heterocycles. The maximum atomic E-state index is 13.4. The Bertz CT molecular complexity index is 1290. The number of rotatable bonds is 9. The van der Waals surface area contributed by atoms with Gasteiger partial charge in [-0.25, -0.2) is 12.8 Å². The quantitative estimate of drug-likeness (QED) is 0.292. The Hall–Kier alpha value is -2.51. The summed E-state index contributed by atoms with van der Waals surface area (Å²) in [5.41, 5.74) is 0.766. The van der Waals surface area contributed by atoms with Crippen molar-refractivity contribution in [1.82, 2.24) is 10.3 Å². The Balaban J connectivity index is 2.14. The zero-order chi connectivity index (χ0) is 24.3. The van der Waals surface area contributed by atoms with Gasteiger partial charge in [0.1, 0.15) is 11.6 Å². The fraction of sp³-hybridized carbons (Fsp3) is 0.273. The van der Waals surface area contributed by atoms with Crippen molar-refractivity contribution in [3.05, 3.63) is 57.9 Å². The highest BCUT2D eigenvalue weighted by atomic mass is 127. The van der Waals surface area contributed by atoms with E-state index in [4.69, 9.17) is 4.42 Å². The van der Waals surface area contributed by atoms with E-state index in [0.717, 1.165) is 10.6 Å². The summed E-state index contributed by atoms with van der Waals surface area (Å²) in [7, 11) is -2.22. The normalized spacial score (nSPS) is 12.5. The molecule has 176 valence electrons. The second-order valence-electron chi connectivity index (χ2n) is 7.32. The number of aromatic nitrogens is 1. The lowest BCUT2D eigenvalue weighted by Crippen LogP contribution is -2.32. The Morgan fingerprint density at radius 1 is 1.39 bits per heavy atom. The van der Waals surface area contributed by atoms with E-state index in [-0.39, 0.29) is 29.4 Å². The summed E-state index contributed by atoms with van der Waals surface area (Å²) in [6.45, 7) is 3.60. The molecule has 0 saturated heterocycles. The first-order valence-electron chi connectivity index (χ1n) is 9.96. The number of benzene rings is 1. The van der Waals surface area contributed by atoms with Crippen LogP contribution in [-0.2, 0) is 10.0 Å². The number of halogens is 2. The molecule has 0 fully saturated rings. The molecule has 33 heavy (non-hydrogen) atoms. The van der Waals surface area contributed by atoms with Crippen LogP contribution in [-0.4, -0.2) is 50.4 Å². The molecule has 0 bridgehead atoms. The number of carbonyl (C=O) groups excluding carboxylic acids is 1. The van der Waals surface area contributed by atoms with Crippen LogP contribution in [0.1, 0.15) is 23.2 Å². The van der Waals surface area contributed by atoms with Crippen LogP contribution in [0, 0.1) is 9.39 Å². The van der Waals surface area contributed by atoms with Crippen molar-refractivity contribution < 1.29 is 27.1 Å². The second kappa shape index (κ2) is 10.2. The van der Waals surface area contributed by atoms with Crippen molar-refractivity contribution >= 4 is 55.4 Å². The molecule has 0 aliphatic carbocycles. The van der Waals surface area contributed by atoms with Crippen LogP contribution in [0.3, 0.4) is 0 Å². The topological polar surface area (TPSA) is 113 Å². The van der Waals surface area contributed by atoms with Gasteiger partial charge in [-0.15, -0.1) is 6.58 Å². The number of furan rings is 1. The number of anilines is 1. The van der Waals surface area contributed by atoms with E-state index in [2.05, 4.69) is 16.9 Å². The molecule has 2 heterocycles. The monoisotopic (exact) mass is 587 g/mol. The van der Waals surface area contributed by atoms with E-state index in [1.807, 2.05) is 22.6 Å². The molecule has 8 nitrogen and oxygen atoms in total.